The number of hydrogen-bond donors (Lipinski definition) is 1. The zero-order chi connectivity index (χ0) is 18.6. The number of halogens is 1. The summed E-state index contributed by atoms with van der Waals surface area (Å²) in [4.78, 5) is 11.0. The Bertz CT molecular complexity index is 933. The number of ether oxygens (including phenoxy) is 1. The Hall–Kier alpha value is -2.79. The minimum absolute atomic E-state index is 0.172. The van der Waals surface area contributed by atoms with E-state index in [-0.39, 0.29) is 6.04 Å². The molecule has 6 heteroatoms. The summed E-state index contributed by atoms with van der Waals surface area (Å²) >= 11 is 6.03. The summed E-state index contributed by atoms with van der Waals surface area (Å²) < 4.78 is 5.94. The van der Waals surface area contributed by atoms with Gasteiger partial charge in [-0.1, -0.05) is 23.7 Å². The van der Waals surface area contributed by atoms with Gasteiger partial charge in [0.05, 0.1) is 6.04 Å². The second-order valence-corrected chi connectivity index (χ2v) is 6.89. The summed E-state index contributed by atoms with van der Waals surface area (Å²) in [5, 5.41) is 4.26. The topological polar surface area (TPSA) is 50.3 Å². The molecule has 1 unspecified atom stereocenters. The maximum Gasteiger partial charge on any atom is 0.137 e. The van der Waals surface area contributed by atoms with Gasteiger partial charge < -0.3 is 15.0 Å². The van der Waals surface area contributed by atoms with E-state index in [0.717, 1.165) is 48.1 Å². The minimum atomic E-state index is 0.172. The molecule has 5 nitrogen and oxygen atoms in total. The van der Waals surface area contributed by atoms with E-state index in [9.17, 15) is 0 Å². The average molecular weight is 381 g/mol. The van der Waals surface area contributed by atoms with Crippen LogP contribution in [-0.4, -0.2) is 23.1 Å². The van der Waals surface area contributed by atoms with Crippen molar-refractivity contribution in [1.29, 1.82) is 0 Å². The van der Waals surface area contributed by atoms with Crippen molar-refractivity contribution in [3.05, 3.63) is 71.6 Å². The van der Waals surface area contributed by atoms with Gasteiger partial charge in [-0.25, -0.2) is 9.97 Å². The second-order valence-electron chi connectivity index (χ2n) is 6.45. The molecule has 4 rings (SSSR count). The highest BCUT2D eigenvalue weighted by molar-refractivity contribution is 6.30. The van der Waals surface area contributed by atoms with Crippen LogP contribution in [0, 0.1) is 0 Å². The Morgan fingerprint density at radius 1 is 1.19 bits per heavy atom. The third-order valence-electron chi connectivity index (χ3n) is 4.67. The fraction of sp³-hybridized carbons (Fsp3) is 0.238. The molecule has 3 aromatic rings. The van der Waals surface area contributed by atoms with Gasteiger partial charge in [0.2, 0.25) is 0 Å². The molecule has 0 radical (unpaired) electrons. The first-order chi connectivity index (χ1) is 13.2. The van der Waals surface area contributed by atoms with Crippen LogP contribution in [0.4, 0.5) is 11.5 Å². The lowest BCUT2D eigenvalue weighted by Crippen LogP contribution is -2.34. The van der Waals surface area contributed by atoms with Crippen molar-refractivity contribution in [2.45, 2.75) is 19.4 Å². The molecular weight excluding hydrogens is 360 g/mol. The molecule has 138 valence electrons. The van der Waals surface area contributed by atoms with Crippen LogP contribution in [0.25, 0.3) is 0 Å². The smallest absolute Gasteiger partial charge is 0.137 e. The first kappa shape index (κ1) is 17.6. The summed E-state index contributed by atoms with van der Waals surface area (Å²) in [5.74, 6) is 2.50. The van der Waals surface area contributed by atoms with Gasteiger partial charge in [0, 0.05) is 41.6 Å². The van der Waals surface area contributed by atoms with Crippen molar-refractivity contribution < 1.29 is 4.74 Å². The van der Waals surface area contributed by atoms with Gasteiger partial charge in [0.1, 0.15) is 23.6 Å². The van der Waals surface area contributed by atoms with Gasteiger partial charge in [0.25, 0.3) is 0 Å². The number of fused-ring (bicyclic) bond motifs is 1. The SMILES string of the molecule is CCN1CCC(Nc2cccc(Oc3cccc(Cl)c3)c2)c2cncnc21. The number of anilines is 2. The van der Waals surface area contributed by atoms with E-state index in [2.05, 4.69) is 27.1 Å². The highest BCUT2D eigenvalue weighted by Gasteiger charge is 2.25. The third-order valence-corrected chi connectivity index (χ3v) is 4.90. The summed E-state index contributed by atoms with van der Waals surface area (Å²) in [6, 6.07) is 15.5. The average Bonchev–Trinajstić information content (AvgIpc) is 2.69. The van der Waals surface area contributed by atoms with Crippen LogP contribution in [0.5, 0.6) is 11.5 Å². The molecule has 0 aliphatic carbocycles. The minimum Gasteiger partial charge on any atom is -0.457 e. The second kappa shape index (κ2) is 7.84. The molecular formula is C21H21ClN4O. The van der Waals surface area contributed by atoms with Crippen LogP contribution >= 0.6 is 11.6 Å². The Morgan fingerprint density at radius 2 is 2.00 bits per heavy atom. The molecule has 27 heavy (non-hydrogen) atoms. The molecule has 1 N–H and O–H groups in total. The van der Waals surface area contributed by atoms with Crippen molar-refractivity contribution in [2.75, 3.05) is 23.3 Å². The highest BCUT2D eigenvalue weighted by atomic mass is 35.5. The first-order valence-electron chi connectivity index (χ1n) is 9.08. The molecule has 1 aliphatic heterocycles. The van der Waals surface area contributed by atoms with Crippen molar-refractivity contribution >= 4 is 23.1 Å². The van der Waals surface area contributed by atoms with Gasteiger partial charge in [0.15, 0.2) is 0 Å². The van der Waals surface area contributed by atoms with E-state index >= 15 is 0 Å². The largest absolute Gasteiger partial charge is 0.457 e. The summed E-state index contributed by atoms with van der Waals surface area (Å²) in [5.41, 5.74) is 2.13. The zero-order valence-corrected chi connectivity index (χ0v) is 15.9. The van der Waals surface area contributed by atoms with Gasteiger partial charge in [-0.2, -0.15) is 0 Å². The standard InChI is InChI=1S/C21H21ClN4O/c1-2-26-10-9-20(19-13-23-14-24-21(19)26)25-16-6-4-8-18(12-16)27-17-7-3-5-15(22)11-17/h3-8,11-14,20,25H,2,9-10H2,1H3. The van der Waals surface area contributed by atoms with Crippen LogP contribution < -0.4 is 15.0 Å². The van der Waals surface area contributed by atoms with E-state index < -0.39 is 0 Å². The monoisotopic (exact) mass is 380 g/mol. The number of aromatic nitrogens is 2. The molecule has 0 bridgehead atoms. The van der Waals surface area contributed by atoms with E-state index in [4.69, 9.17) is 16.3 Å². The Labute approximate surface area is 164 Å². The zero-order valence-electron chi connectivity index (χ0n) is 15.1. The Morgan fingerprint density at radius 3 is 2.81 bits per heavy atom. The fourth-order valence-electron chi connectivity index (χ4n) is 3.37. The highest BCUT2D eigenvalue weighted by Crippen LogP contribution is 2.34. The van der Waals surface area contributed by atoms with Gasteiger partial charge in [-0.15, -0.1) is 0 Å². The maximum atomic E-state index is 6.03. The van der Waals surface area contributed by atoms with Crippen molar-refractivity contribution in [3.8, 4) is 11.5 Å². The van der Waals surface area contributed by atoms with Crippen molar-refractivity contribution in [2.24, 2.45) is 0 Å². The van der Waals surface area contributed by atoms with Crippen molar-refractivity contribution in [1.82, 2.24) is 9.97 Å². The maximum absolute atomic E-state index is 6.03. The van der Waals surface area contributed by atoms with E-state index in [0.29, 0.717) is 5.02 Å². The van der Waals surface area contributed by atoms with Crippen molar-refractivity contribution in [3.63, 3.8) is 0 Å². The molecule has 0 saturated carbocycles. The predicted molar refractivity (Wildman–Crippen MR) is 109 cm³/mol. The van der Waals surface area contributed by atoms with Crippen LogP contribution in [-0.2, 0) is 0 Å². The van der Waals surface area contributed by atoms with Gasteiger partial charge >= 0.3 is 0 Å². The number of benzene rings is 2. The van der Waals surface area contributed by atoms with Crippen LogP contribution in [0.2, 0.25) is 5.02 Å². The van der Waals surface area contributed by atoms with E-state index in [1.165, 1.54) is 0 Å². The number of rotatable bonds is 5. The first-order valence-corrected chi connectivity index (χ1v) is 9.45. The number of nitrogens with one attached hydrogen (secondary N) is 1. The summed E-state index contributed by atoms with van der Waals surface area (Å²) in [6.07, 6.45) is 4.52. The molecule has 2 heterocycles. The molecule has 0 fully saturated rings. The lowest BCUT2D eigenvalue weighted by atomic mass is 10.0. The van der Waals surface area contributed by atoms with Gasteiger partial charge in [-0.3, -0.25) is 0 Å². The Balaban J connectivity index is 1.53. The summed E-state index contributed by atoms with van der Waals surface area (Å²) in [7, 11) is 0. The molecule has 2 aromatic carbocycles. The lowest BCUT2D eigenvalue weighted by molar-refractivity contribution is 0.483. The van der Waals surface area contributed by atoms with E-state index in [1.807, 2.05) is 48.7 Å². The summed E-state index contributed by atoms with van der Waals surface area (Å²) in [6.45, 7) is 4.06. The molecule has 0 spiro atoms. The normalized spacial score (nSPS) is 15.9. The number of hydrogen-bond acceptors (Lipinski definition) is 5. The molecule has 1 aromatic heterocycles. The molecule has 0 amide bonds. The quantitative estimate of drug-likeness (QED) is 0.650. The fourth-order valence-corrected chi connectivity index (χ4v) is 3.55. The third kappa shape index (κ3) is 3.98. The Kier molecular flexibility index (Phi) is 5.12. The lowest BCUT2D eigenvalue weighted by Gasteiger charge is -2.34. The van der Waals surface area contributed by atoms with Crippen LogP contribution in [0.15, 0.2) is 61.1 Å². The number of nitrogens with zero attached hydrogens (tertiary/aromatic N) is 3. The van der Waals surface area contributed by atoms with E-state index in [1.54, 1.807) is 12.4 Å². The molecule has 1 atom stereocenters. The predicted octanol–water partition coefficient (Wildman–Crippen LogP) is 5.31. The molecule has 1 aliphatic rings. The van der Waals surface area contributed by atoms with Crippen LogP contribution in [0.1, 0.15) is 24.9 Å². The molecule has 0 saturated heterocycles. The van der Waals surface area contributed by atoms with Crippen LogP contribution in [0.3, 0.4) is 0 Å². The van der Waals surface area contributed by atoms with Gasteiger partial charge in [-0.05, 0) is 43.7 Å².